The minimum Gasteiger partial charge on any atom is -0.481 e. The number of esters is 1. The van der Waals surface area contributed by atoms with Gasteiger partial charge >= 0.3 is 5.97 Å². The van der Waals surface area contributed by atoms with Gasteiger partial charge in [0.2, 0.25) is 5.88 Å². The highest BCUT2D eigenvalue weighted by molar-refractivity contribution is 7.08. The van der Waals surface area contributed by atoms with E-state index in [9.17, 15) is 4.79 Å². The van der Waals surface area contributed by atoms with Gasteiger partial charge in [-0.25, -0.2) is 9.78 Å². The third-order valence-corrected chi connectivity index (χ3v) is 2.82. The molecule has 5 heteroatoms. The maximum Gasteiger partial charge on any atom is 0.339 e. The summed E-state index contributed by atoms with van der Waals surface area (Å²) in [5, 5.41) is 3.60. The van der Waals surface area contributed by atoms with Crippen molar-refractivity contribution in [1.82, 2.24) is 4.98 Å². The number of rotatable bonds is 4. The smallest absolute Gasteiger partial charge is 0.339 e. The molecule has 0 spiro atoms. The van der Waals surface area contributed by atoms with Crippen LogP contribution in [-0.4, -0.2) is 18.1 Å². The van der Waals surface area contributed by atoms with Gasteiger partial charge in [0, 0.05) is 23.2 Å². The quantitative estimate of drug-likeness (QED) is 0.781. The number of aromatic nitrogens is 1. The maximum atomic E-state index is 11.5. The second-order valence-corrected chi connectivity index (χ2v) is 4.08. The van der Waals surface area contributed by atoms with Crippen LogP contribution in [0.4, 0.5) is 0 Å². The SMILES string of the molecule is COc1ccc(COC(=O)c2ccsc2)cn1. The zero-order chi connectivity index (χ0) is 12.1. The number of hydrogen-bond acceptors (Lipinski definition) is 5. The largest absolute Gasteiger partial charge is 0.481 e. The molecule has 0 fully saturated rings. The van der Waals surface area contributed by atoms with Gasteiger partial charge in [0.05, 0.1) is 12.7 Å². The van der Waals surface area contributed by atoms with Gasteiger partial charge in [0.15, 0.2) is 0 Å². The molecule has 0 aliphatic rings. The Morgan fingerprint density at radius 1 is 1.41 bits per heavy atom. The van der Waals surface area contributed by atoms with E-state index in [1.54, 1.807) is 30.8 Å². The Hall–Kier alpha value is -1.88. The summed E-state index contributed by atoms with van der Waals surface area (Å²) in [4.78, 5) is 15.6. The molecular weight excluding hydrogens is 238 g/mol. The number of carbonyl (C=O) groups excluding carboxylic acids is 1. The molecule has 0 bridgehead atoms. The molecule has 0 saturated carbocycles. The fraction of sp³-hybridized carbons (Fsp3) is 0.167. The van der Waals surface area contributed by atoms with Crippen molar-refractivity contribution in [2.24, 2.45) is 0 Å². The van der Waals surface area contributed by atoms with Crippen molar-refractivity contribution in [3.05, 3.63) is 46.3 Å². The van der Waals surface area contributed by atoms with Crippen molar-refractivity contribution in [3.8, 4) is 5.88 Å². The Morgan fingerprint density at radius 2 is 2.29 bits per heavy atom. The summed E-state index contributed by atoms with van der Waals surface area (Å²) in [5.41, 5.74) is 1.41. The lowest BCUT2D eigenvalue weighted by atomic mass is 10.3. The number of ether oxygens (including phenoxy) is 2. The minimum atomic E-state index is -0.318. The van der Waals surface area contributed by atoms with Crippen LogP contribution in [0.1, 0.15) is 15.9 Å². The van der Waals surface area contributed by atoms with E-state index in [1.807, 2.05) is 11.4 Å². The van der Waals surface area contributed by atoms with E-state index >= 15 is 0 Å². The fourth-order valence-electron chi connectivity index (χ4n) is 1.23. The van der Waals surface area contributed by atoms with Crippen LogP contribution < -0.4 is 4.74 Å². The summed E-state index contributed by atoms with van der Waals surface area (Å²) in [6.07, 6.45) is 1.62. The number of carbonyl (C=O) groups is 1. The van der Waals surface area contributed by atoms with Crippen LogP contribution in [0.2, 0.25) is 0 Å². The summed E-state index contributed by atoms with van der Waals surface area (Å²) >= 11 is 1.46. The lowest BCUT2D eigenvalue weighted by Gasteiger charge is -2.04. The molecule has 4 nitrogen and oxygen atoms in total. The molecule has 0 aromatic carbocycles. The molecule has 2 rings (SSSR count). The predicted octanol–water partition coefficient (Wildman–Crippen LogP) is 2.51. The molecule has 0 aliphatic carbocycles. The Bertz CT molecular complexity index is 479. The van der Waals surface area contributed by atoms with Gasteiger partial charge in [-0.2, -0.15) is 11.3 Å². The molecule has 0 unspecified atom stereocenters. The van der Waals surface area contributed by atoms with Gasteiger partial charge in [-0.3, -0.25) is 0 Å². The fourth-order valence-corrected chi connectivity index (χ4v) is 1.86. The molecular formula is C12H11NO3S. The first-order valence-electron chi connectivity index (χ1n) is 4.98. The van der Waals surface area contributed by atoms with Gasteiger partial charge in [-0.1, -0.05) is 0 Å². The summed E-state index contributed by atoms with van der Waals surface area (Å²) < 4.78 is 10.1. The highest BCUT2D eigenvalue weighted by Gasteiger charge is 2.07. The van der Waals surface area contributed by atoms with Crippen LogP contribution in [0.5, 0.6) is 5.88 Å². The molecule has 0 saturated heterocycles. The average Bonchev–Trinajstić information content (AvgIpc) is 2.90. The normalized spacial score (nSPS) is 9.94. The van der Waals surface area contributed by atoms with Crippen LogP contribution >= 0.6 is 11.3 Å². The molecule has 88 valence electrons. The summed E-state index contributed by atoms with van der Waals surface area (Å²) in [6.45, 7) is 0.214. The van der Waals surface area contributed by atoms with Gasteiger partial charge in [-0.15, -0.1) is 0 Å². The highest BCUT2D eigenvalue weighted by Crippen LogP contribution is 2.11. The van der Waals surface area contributed by atoms with Gasteiger partial charge in [0.25, 0.3) is 0 Å². The molecule has 17 heavy (non-hydrogen) atoms. The minimum absolute atomic E-state index is 0.214. The lowest BCUT2D eigenvalue weighted by Crippen LogP contribution is -2.04. The monoisotopic (exact) mass is 249 g/mol. The van der Waals surface area contributed by atoms with Crippen LogP contribution in [0, 0.1) is 0 Å². The number of pyridine rings is 1. The molecule has 2 heterocycles. The number of thiophene rings is 1. The van der Waals surface area contributed by atoms with E-state index in [2.05, 4.69) is 4.98 Å². The Kier molecular flexibility index (Phi) is 3.72. The maximum absolute atomic E-state index is 11.5. The van der Waals surface area contributed by atoms with Crippen molar-refractivity contribution < 1.29 is 14.3 Å². The van der Waals surface area contributed by atoms with Crippen LogP contribution in [0.3, 0.4) is 0 Å². The van der Waals surface area contributed by atoms with Gasteiger partial charge < -0.3 is 9.47 Å². The second kappa shape index (κ2) is 5.45. The van der Waals surface area contributed by atoms with E-state index in [-0.39, 0.29) is 12.6 Å². The highest BCUT2D eigenvalue weighted by atomic mass is 32.1. The van der Waals surface area contributed by atoms with Crippen molar-refractivity contribution in [2.75, 3.05) is 7.11 Å². The standard InChI is InChI=1S/C12H11NO3S/c1-15-11-3-2-9(6-13-11)7-16-12(14)10-4-5-17-8-10/h2-6,8H,7H2,1H3. The van der Waals surface area contributed by atoms with Crippen LogP contribution in [-0.2, 0) is 11.3 Å². The van der Waals surface area contributed by atoms with E-state index in [4.69, 9.17) is 9.47 Å². The summed E-state index contributed by atoms with van der Waals surface area (Å²) in [7, 11) is 1.55. The second-order valence-electron chi connectivity index (χ2n) is 3.30. The molecule has 0 radical (unpaired) electrons. The predicted molar refractivity (Wildman–Crippen MR) is 64.2 cm³/mol. The van der Waals surface area contributed by atoms with Crippen LogP contribution in [0.15, 0.2) is 35.2 Å². The Labute approximate surface area is 103 Å². The van der Waals surface area contributed by atoms with Gasteiger partial charge in [0.1, 0.15) is 6.61 Å². The zero-order valence-corrected chi connectivity index (χ0v) is 10.1. The molecule has 0 atom stereocenters. The third kappa shape index (κ3) is 3.04. The molecule has 2 aromatic rings. The van der Waals surface area contributed by atoms with Gasteiger partial charge in [-0.05, 0) is 17.5 Å². The summed E-state index contributed by atoms with van der Waals surface area (Å²) in [6, 6.07) is 5.28. The molecule has 0 N–H and O–H groups in total. The number of nitrogens with zero attached hydrogens (tertiary/aromatic N) is 1. The first kappa shape index (κ1) is 11.6. The van der Waals surface area contributed by atoms with E-state index in [0.29, 0.717) is 11.4 Å². The topological polar surface area (TPSA) is 48.4 Å². The van der Waals surface area contributed by atoms with Crippen LogP contribution in [0.25, 0.3) is 0 Å². The van der Waals surface area contributed by atoms with Crippen molar-refractivity contribution >= 4 is 17.3 Å². The zero-order valence-electron chi connectivity index (χ0n) is 9.25. The van der Waals surface area contributed by atoms with Crippen molar-refractivity contribution in [3.63, 3.8) is 0 Å². The van der Waals surface area contributed by atoms with Crippen molar-refractivity contribution in [1.29, 1.82) is 0 Å². The number of hydrogen-bond donors (Lipinski definition) is 0. The Balaban J connectivity index is 1.91. The lowest BCUT2D eigenvalue weighted by molar-refractivity contribution is 0.0473. The molecule has 0 aliphatic heterocycles. The summed E-state index contributed by atoms with van der Waals surface area (Å²) in [5.74, 6) is 0.222. The Morgan fingerprint density at radius 3 is 2.88 bits per heavy atom. The first-order valence-corrected chi connectivity index (χ1v) is 5.92. The molecule has 0 amide bonds. The van der Waals surface area contributed by atoms with Crippen molar-refractivity contribution in [2.45, 2.75) is 6.61 Å². The van der Waals surface area contributed by atoms with E-state index in [1.165, 1.54) is 11.3 Å². The molecule has 2 aromatic heterocycles. The average molecular weight is 249 g/mol. The number of methoxy groups -OCH3 is 1. The van der Waals surface area contributed by atoms with E-state index < -0.39 is 0 Å². The first-order chi connectivity index (χ1) is 8.29. The third-order valence-electron chi connectivity index (χ3n) is 2.13. The van der Waals surface area contributed by atoms with E-state index in [0.717, 1.165) is 5.56 Å².